The number of anilines is 2. The molecular weight excluding hydrogens is 392 g/mol. The molecule has 2 aromatic rings. The Hall–Kier alpha value is -2.87. The fraction of sp³-hybridized carbons (Fsp3) is 0.333. The fourth-order valence-corrected chi connectivity index (χ4v) is 4.59. The summed E-state index contributed by atoms with van der Waals surface area (Å²) in [5.41, 5.74) is 1.82. The van der Waals surface area contributed by atoms with Gasteiger partial charge in [-0.15, -0.1) is 0 Å². The molecule has 1 aliphatic carbocycles. The van der Waals surface area contributed by atoms with Gasteiger partial charge in [0.05, 0.1) is 16.7 Å². The van der Waals surface area contributed by atoms with Crippen molar-refractivity contribution < 1.29 is 23.1 Å². The molecule has 0 bridgehead atoms. The molecule has 3 N–H and O–H groups in total. The third kappa shape index (κ3) is 5.14. The van der Waals surface area contributed by atoms with Gasteiger partial charge in [-0.2, -0.15) is 0 Å². The molecule has 0 radical (unpaired) electrons. The molecule has 0 spiro atoms. The van der Waals surface area contributed by atoms with Crippen molar-refractivity contribution in [2.45, 2.75) is 37.5 Å². The molecular formula is C21H24N2O5S. The Balaban J connectivity index is 1.66. The van der Waals surface area contributed by atoms with Gasteiger partial charge in [-0.25, -0.2) is 8.42 Å². The number of hydrogen-bond acceptors (Lipinski definition) is 4. The minimum atomic E-state index is -3.70. The van der Waals surface area contributed by atoms with Gasteiger partial charge < -0.3 is 10.4 Å². The third-order valence-electron chi connectivity index (χ3n) is 5.16. The molecule has 8 heteroatoms. The number of nitrogens with one attached hydrogen (secondary N) is 2. The summed E-state index contributed by atoms with van der Waals surface area (Å²) in [6.45, 7) is 1.88. The van der Waals surface area contributed by atoms with Crippen LogP contribution >= 0.6 is 0 Å². The van der Waals surface area contributed by atoms with Crippen molar-refractivity contribution in [3.8, 4) is 0 Å². The normalized spacial score (nSPS) is 19.3. The number of benzene rings is 2. The van der Waals surface area contributed by atoms with Crippen LogP contribution < -0.4 is 10.0 Å². The highest BCUT2D eigenvalue weighted by molar-refractivity contribution is 7.92. The van der Waals surface area contributed by atoms with Crippen LogP contribution in [0.1, 0.15) is 31.2 Å². The van der Waals surface area contributed by atoms with Crippen molar-refractivity contribution in [1.29, 1.82) is 0 Å². The third-order valence-corrected chi connectivity index (χ3v) is 6.55. The first-order chi connectivity index (χ1) is 13.8. The summed E-state index contributed by atoms with van der Waals surface area (Å²) in [5, 5.41) is 12.1. The molecule has 1 saturated carbocycles. The predicted molar refractivity (Wildman–Crippen MR) is 110 cm³/mol. The largest absolute Gasteiger partial charge is 0.481 e. The van der Waals surface area contributed by atoms with Crippen molar-refractivity contribution >= 4 is 33.3 Å². The average Bonchev–Trinajstić information content (AvgIpc) is 2.69. The Kier molecular flexibility index (Phi) is 6.22. The number of carboxylic acids is 1. The predicted octanol–water partition coefficient (Wildman–Crippen LogP) is 3.63. The lowest BCUT2D eigenvalue weighted by Crippen LogP contribution is -2.36. The lowest BCUT2D eigenvalue weighted by Gasteiger charge is -2.27. The van der Waals surface area contributed by atoms with Gasteiger partial charge in [0, 0.05) is 11.4 Å². The maximum absolute atomic E-state index is 12.5. The Morgan fingerprint density at radius 3 is 2.03 bits per heavy atom. The van der Waals surface area contributed by atoms with Gasteiger partial charge in [0.1, 0.15) is 0 Å². The van der Waals surface area contributed by atoms with Crippen molar-refractivity contribution in [3.05, 3.63) is 54.1 Å². The summed E-state index contributed by atoms with van der Waals surface area (Å²) in [7, 11) is -3.70. The van der Waals surface area contributed by atoms with Crippen LogP contribution in [0.4, 0.5) is 11.4 Å². The molecule has 1 aliphatic rings. The van der Waals surface area contributed by atoms with Gasteiger partial charge in [0.15, 0.2) is 0 Å². The zero-order chi connectivity index (χ0) is 21.0. The first-order valence-electron chi connectivity index (χ1n) is 9.49. The lowest BCUT2D eigenvalue weighted by molar-refractivity contribution is -0.147. The number of amides is 1. The van der Waals surface area contributed by atoms with Crippen molar-refractivity contribution in [2.75, 3.05) is 10.0 Å². The second-order valence-corrected chi connectivity index (χ2v) is 9.00. The quantitative estimate of drug-likeness (QED) is 0.666. The van der Waals surface area contributed by atoms with Crippen LogP contribution in [0.25, 0.3) is 0 Å². The zero-order valence-electron chi connectivity index (χ0n) is 16.1. The van der Waals surface area contributed by atoms with Crippen LogP contribution in [0.5, 0.6) is 0 Å². The Morgan fingerprint density at radius 1 is 0.897 bits per heavy atom. The Morgan fingerprint density at radius 2 is 1.45 bits per heavy atom. The number of aliphatic carboxylic acids is 1. The fourth-order valence-electron chi connectivity index (χ4n) is 3.53. The molecule has 3 rings (SSSR count). The number of rotatable bonds is 6. The lowest BCUT2D eigenvalue weighted by atomic mass is 9.78. The molecule has 1 fully saturated rings. The number of hydrogen-bond donors (Lipinski definition) is 3. The highest BCUT2D eigenvalue weighted by Gasteiger charge is 2.35. The Labute approximate surface area is 170 Å². The van der Waals surface area contributed by atoms with E-state index in [4.69, 9.17) is 0 Å². The first kappa shape index (κ1) is 20.9. The molecule has 0 heterocycles. The van der Waals surface area contributed by atoms with Crippen LogP contribution in [0.2, 0.25) is 0 Å². The molecule has 2 aromatic carbocycles. The van der Waals surface area contributed by atoms with E-state index in [1.54, 1.807) is 36.4 Å². The van der Waals surface area contributed by atoms with Crippen LogP contribution in [0.3, 0.4) is 0 Å². The maximum atomic E-state index is 12.5. The second-order valence-electron chi connectivity index (χ2n) is 7.32. The molecule has 0 aliphatic heterocycles. The molecule has 7 nitrogen and oxygen atoms in total. The molecule has 0 unspecified atom stereocenters. The van der Waals surface area contributed by atoms with Gasteiger partial charge >= 0.3 is 5.97 Å². The minimum Gasteiger partial charge on any atom is -0.481 e. The number of carboxylic acid groups (broad SMARTS) is 1. The zero-order valence-corrected chi connectivity index (χ0v) is 16.9. The average molecular weight is 416 g/mol. The van der Waals surface area contributed by atoms with E-state index < -0.39 is 27.8 Å². The molecule has 1 amide bonds. The summed E-state index contributed by atoms with van der Waals surface area (Å²) >= 11 is 0. The monoisotopic (exact) mass is 416 g/mol. The van der Waals surface area contributed by atoms with Crippen LogP contribution in [-0.4, -0.2) is 25.4 Å². The van der Waals surface area contributed by atoms with Crippen LogP contribution in [-0.2, 0) is 19.6 Å². The van der Waals surface area contributed by atoms with Crippen molar-refractivity contribution in [2.24, 2.45) is 11.8 Å². The van der Waals surface area contributed by atoms with E-state index in [-0.39, 0.29) is 10.8 Å². The molecule has 154 valence electrons. The van der Waals surface area contributed by atoms with E-state index >= 15 is 0 Å². The summed E-state index contributed by atoms with van der Waals surface area (Å²) in [5.74, 6) is -2.47. The van der Waals surface area contributed by atoms with E-state index in [9.17, 15) is 23.1 Å². The van der Waals surface area contributed by atoms with Gasteiger partial charge in [0.2, 0.25) is 5.91 Å². The molecule has 2 atom stereocenters. The molecule has 0 saturated heterocycles. The van der Waals surface area contributed by atoms with Crippen LogP contribution in [0, 0.1) is 18.8 Å². The highest BCUT2D eigenvalue weighted by Crippen LogP contribution is 2.31. The molecule has 0 aromatic heterocycles. The minimum absolute atomic E-state index is 0.164. The van der Waals surface area contributed by atoms with Gasteiger partial charge in [-0.1, -0.05) is 30.5 Å². The summed E-state index contributed by atoms with van der Waals surface area (Å²) in [4.78, 5) is 24.1. The Bertz CT molecular complexity index is 985. The number of aryl methyl sites for hydroxylation is 1. The first-order valence-corrected chi connectivity index (χ1v) is 11.0. The SMILES string of the molecule is Cc1ccc(S(=O)(=O)Nc2ccc(NC(=O)[C@@H]3CCCC[C@@H]3C(=O)O)cc2)cc1. The number of carbonyl (C=O) groups is 2. The summed E-state index contributed by atoms with van der Waals surface area (Å²) in [6.07, 6.45) is 2.71. The van der Waals surface area contributed by atoms with E-state index in [1.165, 1.54) is 12.1 Å². The van der Waals surface area contributed by atoms with Crippen LogP contribution in [0.15, 0.2) is 53.4 Å². The smallest absolute Gasteiger partial charge is 0.307 e. The summed E-state index contributed by atoms with van der Waals surface area (Å²) < 4.78 is 27.4. The van der Waals surface area contributed by atoms with E-state index in [2.05, 4.69) is 10.0 Å². The standard InChI is InChI=1S/C21H24N2O5S/c1-14-6-12-17(13-7-14)29(27,28)23-16-10-8-15(9-11-16)22-20(24)18-4-2-3-5-19(18)21(25)26/h6-13,18-19,23H,2-5H2,1H3,(H,22,24)(H,25,26)/t18-,19+/m1/s1. The number of sulfonamides is 1. The molecule has 29 heavy (non-hydrogen) atoms. The van der Waals surface area contributed by atoms with E-state index in [1.807, 2.05) is 6.92 Å². The van der Waals surface area contributed by atoms with Crippen molar-refractivity contribution in [1.82, 2.24) is 0 Å². The summed E-state index contributed by atoms with van der Waals surface area (Å²) in [6, 6.07) is 12.8. The van der Waals surface area contributed by atoms with E-state index in [0.717, 1.165) is 18.4 Å². The van der Waals surface area contributed by atoms with Crippen molar-refractivity contribution in [3.63, 3.8) is 0 Å². The van der Waals surface area contributed by atoms with Gasteiger partial charge in [-0.05, 0) is 56.2 Å². The van der Waals surface area contributed by atoms with Gasteiger partial charge in [-0.3, -0.25) is 14.3 Å². The number of carbonyl (C=O) groups excluding carboxylic acids is 1. The van der Waals surface area contributed by atoms with Gasteiger partial charge in [0.25, 0.3) is 10.0 Å². The topological polar surface area (TPSA) is 113 Å². The van der Waals surface area contributed by atoms with E-state index in [0.29, 0.717) is 24.2 Å². The highest BCUT2D eigenvalue weighted by atomic mass is 32.2. The maximum Gasteiger partial charge on any atom is 0.307 e. The second kappa shape index (κ2) is 8.65.